The molecule has 4 heteroatoms. The van der Waals surface area contributed by atoms with Gasteiger partial charge in [0.25, 0.3) is 0 Å². The van der Waals surface area contributed by atoms with Crippen LogP contribution in [0.3, 0.4) is 0 Å². The zero-order chi connectivity index (χ0) is 7.98. The molecule has 0 heterocycles. The zero-order valence-electron chi connectivity index (χ0n) is 6.07. The summed E-state index contributed by atoms with van der Waals surface area (Å²) in [4.78, 5) is 13.3. The fourth-order valence-electron chi connectivity index (χ4n) is 0.280. The van der Waals surface area contributed by atoms with E-state index in [1.807, 2.05) is 13.8 Å². The van der Waals surface area contributed by atoms with Gasteiger partial charge in [-0.05, 0) is 13.8 Å². The number of carboxylic acid groups (broad SMARTS) is 1. The fraction of sp³-hybridized carbons (Fsp3) is 0.667. The molecule has 0 aromatic rings. The highest BCUT2D eigenvalue weighted by molar-refractivity contribution is 5.70. The van der Waals surface area contributed by atoms with Crippen molar-refractivity contribution in [3.05, 3.63) is 0 Å². The first-order chi connectivity index (χ1) is 4.63. The van der Waals surface area contributed by atoms with Gasteiger partial charge in [-0.2, -0.15) is 0 Å². The molecule has 0 radical (unpaired) electrons. The molecule has 0 aromatic heterocycles. The third kappa shape index (κ3) is 6.94. The Balaban J connectivity index is 3.29. The highest BCUT2D eigenvalue weighted by atomic mass is 16.5. The second-order valence-electron chi connectivity index (χ2n) is 2.02. The van der Waals surface area contributed by atoms with Gasteiger partial charge in [0.1, 0.15) is 6.54 Å². The summed E-state index contributed by atoms with van der Waals surface area (Å²) in [7, 11) is 0. The molecule has 0 atom stereocenters. The van der Waals surface area contributed by atoms with Crippen LogP contribution in [0.25, 0.3) is 0 Å². The molecule has 0 fully saturated rings. The molecule has 0 aliphatic carbocycles. The summed E-state index contributed by atoms with van der Waals surface area (Å²) in [5.41, 5.74) is 0. The van der Waals surface area contributed by atoms with Gasteiger partial charge >= 0.3 is 5.97 Å². The van der Waals surface area contributed by atoms with Crippen molar-refractivity contribution < 1.29 is 14.6 Å². The molecule has 0 bridgehead atoms. The summed E-state index contributed by atoms with van der Waals surface area (Å²) in [5, 5.41) is 8.11. The van der Waals surface area contributed by atoms with Crippen molar-refractivity contribution in [2.75, 3.05) is 6.54 Å². The second-order valence-corrected chi connectivity index (χ2v) is 2.02. The lowest BCUT2D eigenvalue weighted by atomic mass is 10.5. The Morgan fingerprint density at radius 1 is 1.80 bits per heavy atom. The number of aliphatic carboxylic acids is 1. The lowest BCUT2D eigenvalue weighted by molar-refractivity contribution is -0.135. The van der Waals surface area contributed by atoms with Crippen LogP contribution in [-0.4, -0.2) is 30.1 Å². The first kappa shape index (κ1) is 8.94. The van der Waals surface area contributed by atoms with Crippen LogP contribution in [-0.2, 0) is 9.53 Å². The van der Waals surface area contributed by atoms with E-state index < -0.39 is 5.97 Å². The molecule has 0 saturated carbocycles. The van der Waals surface area contributed by atoms with E-state index in [9.17, 15) is 4.79 Å². The van der Waals surface area contributed by atoms with E-state index in [4.69, 9.17) is 9.84 Å². The normalized spacial score (nSPS) is 10.7. The van der Waals surface area contributed by atoms with E-state index in [1.165, 1.54) is 6.40 Å². The highest BCUT2D eigenvalue weighted by Gasteiger charge is 1.90. The minimum atomic E-state index is -0.955. The maximum atomic E-state index is 9.87. The number of hydrogen-bond donors (Lipinski definition) is 1. The average molecular weight is 145 g/mol. The summed E-state index contributed by atoms with van der Waals surface area (Å²) < 4.78 is 4.84. The molecular weight excluding hydrogens is 134 g/mol. The standard InChI is InChI=1S/C6H11NO3/c1-5(2)10-4-7-3-6(8)9/h4-5H,3H2,1-2H3,(H,8,9)/b7-4+. The molecule has 0 spiro atoms. The molecular formula is C6H11NO3. The lowest BCUT2D eigenvalue weighted by Crippen LogP contribution is -2.03. The van der Waals surface area contributed by atoms with Gasteiger partial charge in [-0.15, -0.1) is 0 Å². The number of rotatable bonds is 4. The predicted molar refractivity (Wildman–Crippen MR) is 37.2 cm³/mol. The lowest BCUT2D eigenvalue weighted by Gasteiger charge is -2.00. The van der Waals surface area contributed by atoms with Crippen LogP contribution in [0.4, 0.5) is 0 Å². The number of hydrogen-bond acceptors (Lipinski definition) is 3. The number of carboxylic acids is 1. The summed E-state index contributed by atoms with van der Waals surface area (Å²) in [5.74, 6) is -0.955. The van der Waals surface area contributed by atoms with Gasteiger partial charge in [0.2, 0.25) is 0 Å². The van der Waals surface area contributed by atoms with E-state index >= 15 is 0 Å². The zero-order valence-corrected chi connectivity index (χ0v) is 6.07. The van der Waals surface area contributed by atoms with Gasteiger partial charge in [0.15, 0.2) is 6.40 Å². The van der Waals surface area contributed by atoms with Gasteiger partial charge in [-0.25, -0.2) is 4.99 Å². The average Bonchev–Trinajstić information content (AvgIpc) is 1.79. The summed E-state index contributed by atoms with van der Waals surface area (Å²) >= 11 is 0. The van der Waals surface area contributed by atoms with Crippen molar-refractivity contribution in [3.8, 4) is 0 Å². The van der Waals surface area contributed by atoms with Gasteiger partial charge in [-0.1, -0.05) is 0 Å². The van der Waals surface area contributed by atoms with Crippen LogP contribution in [0.5, 0.6) is 0 Å². The molecule has 0 saturated heterocycles. The Hall–Kier alpha value is -1.06. The summed E-state index contributed by atoms with van der Waals surface area (Å²) in [6.07, 6.45) is 1.22. The fourth-order valence-corrected chi connectivity index (χ4v) is 0.280. The van der Waals surface area contributed by atoms with Gasteiger partial charge in [0, 0.05) is 0 Å². The highest BCUT2D eigenvalue weighted by Crippen LogP contribution is 1.82. The topological polar surface area (TPSA) is 58.9 Å². The molecule has 0 aliphatic heterocycles. The molecule has 0 rings (SSSR count). The summed E-state index contributed by atoms with van der Waals surface area (Å²) in [6.45, 7) is 3.45. The number of aliphatic imine (C=N–C) groups is 1. The van der Waals surface area contributed by atoms with E-state index in [-0.39, 0.29) is 12.6 Å². The Morgan fingerprint density at radius 2 is 2.40 bits per heavy atom. The predicted octanol–water partition coefficient (Wildman–Crippen LogP) is 0.524. The van der Waals surface area contributed by atoms with Crippen molar-refractivity contribution in [2.45, 2.75) is 20.0 Å². The first-order valence-electron chi connectivity index (χ1n) is 2.98. The molecule has 4 nitrogen and oxygen atoms in total. The summed E-state index contributed by atoms with van der Waals surface area (Å²) in [6, 6.07) is 0. The molecule has 0 amide bonds. The molecule has 1 N–H and O–H groups in total. The van der Waals surface area contributed by atoms with Crippen LogP contribution in [0.1, 0.15) is 13.8 Å². The third-order valence-electron chi connectivity index (χ3n) is 0.634. The Morgan fingerprint density at radius 3 is 2.80 bits per heavy atom. The van der Waals surface area contributed by atoms with Gasteiger partial charge in [0.05, 0.1) is 6.10 Å². The maximum Gasteiger partial charge on any atom is 0.325 e. The van der Waals surface area contributed by atoms with Crippen molar-refractivity contribution in [2.24, 2.45) is 4.99 Å². The Kier molecular flexibility index (Phi) is 4.28. The Labute approximate surface area is 59.5 Å². The van der Waals surface area contributed by atoms with Gasteiger partial charge in [-0.3, -0.25) is 4.79 Å². The number of carbonyl (C=O) groups is 1. The largest absolute Gasteiger partial charge is 0.481 e. The second kappa shape index (κ2) is 4.78. The molecule has 10 heavy (non-hydrogen) atoms. The molecule has 58 valence electrons. The Bertz CT molecular complexity index is 131. The van der Waals surface area contributed by atoms with Crippen molar-refractivity contribution in [3.63, 3.8) is 0 Å². The quantitative estimate of drug-likeness (QED) is 0.463. The molecule has 0 unspecified atom stereocenters. The van der Waals surface area contributed by atoms with Crippen molar-refractivity contribution in [1.82, 2.24) is 0 Å². The monoisotopic (exact) mass is 145 g/mol. The van der Waals surface area contributed by atoms with Crippen molar-refractivity contribution >= 4 is 12.4 Å². The number of nitrogens with zero attached hydrogens (tertiary/aromatic N) is 1. The van der Waals surface area contributed by atoms with Gasteiger partial charge < -0.3 is 9.84 Å². The van der Waals surface area contributed by atoms with Crippen LogP contribution in [0.15, 0.2) is 4.99 Å². The van der Waals surface area contributed by atoms with Crippen LogP contribution in [0.2, 0.25) is 0 Å². The van der Waals surface area contributed by atoms with Crippen LogP contribution < -0.4 is 0 Å². The van der Waals surface area contributed by atoms with Crippen LogP contribution >= 0.6 is 0 Å². The van der Waals surface area contributed by atoms with E-state index in [1.54, 1.807) is 0 Å². The smallest absolute Gasteiger partial charge is 0.325 e. The third-order valence-corrected chi connectivity index (χ3v) is 0.634. The first-order valence-corrected chi connectivity index (χ1v) is 2.98. The SMILES string of the molecule is CC(C)O/C=N/CC(=O)O. The molecule has 0 aliphatic rings. The molecule has 0 aromatic carbocycles. The van der Waals surface area contributed by atoms with E-state index in [0.29, 0.717) is 0 Å². The van der Waals surface area contributed by atoms with Crippen LogP contribution in [0, 0.1) is 0 Å². The van der Waals surface area contributed by atoms with E-state index in [2.05, 4.69) is 4.99 Å². The maximum absolute atomic E-state index is 9.87. The minimum absolute atomic E-state index is 0.0533. The van der Waals surface area contributed by atoms with E-state index in [0.717, 1.165) is 0 Å². The van der Waals surface area contributed by atoms with Crippen molar-refractivity contribution in [1.29, 1.82) is 0 Å². The number of ether oxygens (including phenoxy) is 1. The minimum Gasteiger partial charge on any atom is -0.481 e.